The third kappa shape index (κ3) is 4.52. The Kier molecular flexibility index (Phi) is 7.02. The molecule has 3 rings (SSSR count). The summed E-state index contributed by atoms with van der Waals surface area (Å²) in [5, 5.41) is 9.99. The van der Waals surface area contributed by atoms with Gasteiger partial charge in [0.15, 0.2) is 5.78 Å². The monoisotopic (exact) mass is 378 g/mol. The lowest BCUT2D eigenvalue weighted by atomic mass is 9.65. The highest BCUT2D eigenvalue weighted by Crippen LogP contribution is 2.41. The van der Waals surface area contributed by atoms with Gasteiger partial charge in [0, 0.05) is 0 Å². The van der Waals surface area contributed by atoms with E-state index >= 15 is 0 Å². The quantitative estimate of drug-likeness (QED) is 0.660. The second-order valence-corrected chi connectivity index (χ2v) is 7.97. The van der Waals surface area contributed by atoms with Gasteiger partial charge < -0.3 is 5.11 Å². The van der Waals surface area contributed by atoms with Crippen molar-refractivity contribution < 1.29 is 14.7 Å². The number of ketones is 1. The number of aliphatic carboxylic acids is 1. The Morgan fingerprint density at radius 3 is 1.68 bits per heavy atom. The number of carboxylic acid groups (broad SMARTS) is 1. The molecule has 0 radical (unpaired) electrons. The van der Waals surface area contributed by atoms with E-state index < -0.39 is 17.3 Å². The number of rotatable bonds is 5. The van der Waals surface area contributed by atoms with Crippen molar-refractivity contribution in [3.05, 3.63) is 71.8 Å². The summed E-state index contributed by atoms with van der Waals surface area (Å²) in [6.07, 6.45) is 9.23. The maximum absolute atomic E-state index is 13.9. The third-order valence-corrected chi connectivity index (χ3v) is 6.15. The maximum Gasteiger partial charge on any atom is 0.318 e. The molecule has 1 atom stereocenters. The highest BCUT2D eigenvalue weighted by atomic mass is 16.4. The minimum absolute atomic E-state index is 0.155. The molecule has 0 aromatic heterocycles. The number of hydrogen-bond acceptors (Lipinski definition) is 2. The first-order valence-corrected chi connectivity index (χ1v) is 10.5. The standard InChI is InChI=1S/C25H30O3/c26-23(22(24(27)28)20-14-8-6-9-15-20)25(21-16-10-7-11-17-21)18-12-4-2-1-3-5-13-19-25/h6-11,14-17,22H,1-5,12-13,18-19H2,(H,27,28). The van der Waals surface area contributed by atoms with Gasteiger partial charge in [-0.15, -0.1) is 0 Å². The minimum atomic E-state index is -1.12. The van der Waals surface area contributed by atoms with E-state index in [9.17, 15) is 14.7 Å². The van der Waals surface area contributed by atoms with Crippen LogP contribution in [0.25, 0.3) is 0 Å². The number of Topliss-reactive ketones (excluding diaryl/α,β-unsaturated/α-hetero) is 1. The maximum atomic E-state index is 13.9. The molecule has 0 saturated heterocycles. The summed E-state index contributed by atoms with van der Waals surface area (Å²) in [6, 6.07) is 18.9. The van der Waals surface area contributed by atoms with Crippen LogP contribution in [0.2, 0.25) is 0 Å². The molecule has 0 spiro atoms. The molecular formula is C25H30O3. The Labute approximate surface area is 167 Å². The first kappa shape index (κ1) is 20.3. The third-order valence-electron chi connectivity index (χ3n) is 6.15. The molecule has 0 amide bonds. The Morgan fingerprint density at radius 1 is 0.714 bits per heavy atom. The van der Waals surface area contributed by atoms with Crippen LogP contribution in [0.15, 0.2) is 60.7 Å². The molecule has 1 saturated carbocycles. The SMILES string of the molecule is O=C(O)C(C(=O)C1(c2ccccc2)CCCCCCCCC1)c1ccccc1. The summed E-state index contributed by atoms with van der Waals surface area (Å²) in [4.78, 5) is 26.2. The van der Waals surface area contributed by atoms with Gasteiger partial charge in [-0.05, 0) is 24.0 Å². The fourth-order valence-corrected chi connectivity index (χ4v) is 4.62. The van der Waals surface area contributed by atoms with Crippen molar-refractivity contribution in [2.45, 2.75) is 69.1 Å². The summed E-state index contributed by atoms with van der Waals surface area (Å²) < 4.78 is 0. The Hall–Kier alpha value is -2.42. The fourth-order valence-electron chi connectivity index (χ4n) is 4.62. The van der Waals surface area contributed by atoms with Gasteiger partial charge in [0.05, 0.1) is 5.41 Å². The largest absolute Gasteiger partial charge is 0.480 e. The van der Waals surface area contributed by atoms with Crippen LogP contribution >= 0.6 is 0 Å². The molecule has 0 heterocycles. The van der Waals surface area contributed by atoms with Crippen molar-refractivity contribution >= 4 is 11.8 Å². The molecule has 28 heavy (non-hydrogen) atoms. The first-order chi connectivity index (χ1) is 13.6. The Morgan fingerprint density at radius 2 is 1.18 bits per heavy atom. The van der Waals surface area contributed by atoms with Gasteiger partial charge >= 0.3 is 5.97 Å². The van der Waals surface area contributed by atoms with E-state index in [-0.39, 0.29) is 5.78 Å². The Bertz CT molecular complexity index is 757. The first-order valence-electron chi connectivity index (χ1n) is 10.5. The van der Waals surface area contributed by atoms with Crippen LogP contribution in [0.5, 0.6) is 0 Å². The molecule has 3 nitrogen and oxygen atoms in total. The molecule has 0 aliphatic heterocycles. The van der Waals surface area contributed by atoms with Crippen molar-refractivity contribution in [3.63, 3.8) is 0 Å². The lowest BCUT2D eigenvalue weighted by Crippen LogP contribution is -2.42. The molecule has 1 aliphatic rings. The predicted molar refractivity (Wildman–Crippen MR) is 111 cm³/mol. The van der Waals surface area contributed by atoms with Gasteiger partial charge in [-0.1, -0.05) is 106 Å². The second-order valence-electron chi connectivity index (χ2n) is 7.97. The molecular weight excluding hydrogens is 348 g/mol. The molecule has 1 aliphatic carbocycles. The smallest absolute Gasteiger partial charge is 0.318 e. The number of carbonyl (C=O) groups is 2. The molecule has 3 heteroatoms. The van der Waals surface area contributed by atoms with Crippen LogP contribution in [0.1, 0.15) is 74.8 Å². The van der Waals surface area contributed by atoms with Gasteiger partial charge in [-0.2, -0.15) is 0 Å². The molecule has 0 bridgehead atoms. The number of carboxylic acids is 1. The summed E-state index contributed by atoms with van der Waals surface area (Å²) in [7, 11) is 0. The summed E-state index contributed by atoms with van der Waals surface area (Å²) >= 11 is 0. The van der Waals surface area contributed by atoms with E-state index in [1.54, 1.807) is 24.3 Å². The van der Waals surface area contributed by atoms with Crippen LogP contribution in [-0.4, -0.2) is 16.9 Å². The van der Waals surface area contributed by atoms with E-state index in [1.165, 1.54) is 19.3 Å². The highest BCUT2D eigenvalue weighted by Gasteiger charge is 2.45. The molecule has 2 aromatic carbocycles. The predicted octanol–water partition coefficient (Wildman–Crippen LogP) is 5.89. The molecule has 1 fully saturated rings. The van der Waals surface area contributed by atoms with Crippen LogP contribution in [-0.2, 0) is 15.0 Å². The zero-order valence-electron chi connectivity index (χ0n) is 16.5. The van der Waals surface area contributed by atoms with E-state index in [0.29, 0.717) is 5.56 Å². The molecule has 1 N–H and O–H groups in total. The zero-order chi connectivity index (χ0) is 19.8. The average molecular weight is 379 g/mol. The number of carbonyl (C=O) groups excluding carboxylic acids is 1. The zero-order valence-corrected chi connectivity index (χ0v) is 16.5. The van der Waals surface area contributed by atoms with Crippen LogP contribution in [0, 0.1) is 0 Å². The van der Waals surface area contributed by atoms with Gasteiger partial charge in [0.1, 0.15) is 5.92 Å². The molecule has 2 aromatic rings. The van der Waals surface area contributed by atoms with Crippen LogP contribution in [0.4, 0.5) is 0 Å². The number of benzene rings is 2. The Balaban J connectivity index is 2.06. The fraction of sp³-hybridized carbons (Fsp3) is 0.440. The van der Waals surface area contributed by atoms with Crippen molar-refractivity contribution in [1.82, 2.24) is 0 Å². The van der Waals surface area contributed by atoms with Gasteiger partial charge in [-0.25, -0.2) is 0 Å². The highest BCUT2D eigenvalue weighted by molar-refractivity contribution is 6.08. The summed E-state index contributed by atoms with van der Waals surface area (Å²) in [5.74, 6) is -2.33. The van der Waals surface area contributed by atoms with Crippen molar-refractivity contribution in [3.8, 4) is 0 Å². The molecule has 148 valence electrons. The topological polar surface area (TPSA) is 54.4 Å². The minimum Gasteiger partial charge on any atom is -0.480 e. The van der Waals surface area contributed by atoms with Gasteiger partial charge in [0.2, 0.25) is 0 Å². The van der Waals surface area contributed by atoms with E-state index in [0.717, 1.165) is 44.1 Å². The average Bonchev–Trinajstić information content (AvgIpc) is 2.73. The van der Waals surface area contributed by atoms with Gasteiger partial charge in [-0.3, -0.25) is 9.59 Å². The van der Waals surface area contributed by atoms with Gasteiger partial charge in [0.25, 0.3) is 0 Å². The molecule has 1 unspecified atom stereocenters. The summed E-state index contributed by atoms with van der Waals surface area (Å²) in [5.41, 5.74) is 0.826. The van der Waals surface area contributed by atoms with Crippen molar-refractivity contribution in [2.75, 3.05) is 0 Å². The van der Waals surface area contributed by atoms with E-state index in [4.69, 9.17) is 0 Å². The number of hydrogen-bond donors (Lipinski definition) is 1. The van der Waals surface area contributed by atoms with Crippen molar-refractivity contribution in [2.24, 2.45) is 0 Å². The van der Waals surface area contributed by atoms with Crippen molar-refractivity contribution in [1.29, 1.82) is 0 Å². The second kappa shape index (κ2) is 9.68. The normalized spacial score (nSPS) is 18.7. The van der Waals surface area contributed by atoms with Crippen LogP contribution in [0.3, 0.4) is 0 Å². The van der Waals surface area contributed by atoms with Crippen LogP contribution < -0.4 is 0 Å². The van der Waals surface area contributed by atoms with E-state index in [2.05, 4.69) is 0 Å². The lowest BCUT2D eigenvalue weighted by molar-refractivity contribution is -0.144. The lowest BCUT2D eigenvalue weighted by Gasteiger charge is -2.36. The summed E-state index contributed by atoms with van der Waals surface area (Å²) in [6.45, 7) is 0. The van der Waals surface area contributed by atoms with E-state index in [1.807, 2.05) is 36.4 Å².